The van der Waals surface area contributed by atoms with E-state index >= 15 is 0 Å². The average Bonchev–Trinajstić information content (AvgIpc) is 2.18. The summed E-state index contributed by atoms with van der Waals surface area (Å²) in [5.74, 6) is 0. The highest BCUT2D eigenvalue weighted by Crippen LogP contribution is 2.20. The topological polar surface area (TPSA) is 78.4 Å². The van der Waals surface area contributed by atoms with Crippen molar-refractivity contribution in [1.29, 1.82) is 0 Å². The molecule has 0 heterocycles. The Morgan fingerprint density at radius 2 is 2.07 bits per heavy atom. The van der Waals surface area contributed by atoms with Crippen molar-refractivity contribution in [3.05, 3.63) is 39.9 Å². The van der Waals surface area contributed by atoms with Crippen molar-refractivity contribution in [2.45, 2.75) is 6.42 Å². The van der Waals surface area contributed by atoms with Gasteiger partial charge in [0.2, 0.25) is 0 Å². The molecule has 6 heteroatoms. The zero-order valence-corrected chi connectivity index (χ0v) is 9.31. The summed E-state index contributed by atoms with van der Waals surface area (Å²) in [6.07, 6.45) is 0.724. The molecule has 0 aliphatic rings. The smallest absolute Gasteiger partial charge is 0.269 e. The second-order valence-corrected chi connectivity index (χ2v) is 4.40. The fraction of sp³-hybridized carbons (Fsp3) is 0.333. The van der Waals surface area contributed by atoms with Crippen LogP contribution >= 0.6 is 8.30 Å². The highest BCUT2D eigenvalue weighted by Gasteiger charge is 2.03. The Morgan fingerprint density at radius 1 is 1.47 bits per heavy atom. The van der Waals surface area contributed by atoms with Crippen LogP contribution in [-0.2, 0) is 10.9 Å². The van der Waals surface area contributed by atoms with Gasteiger partial charge in [-0.05, 0) is 18.6 Å². The molecule has 1 aromatic rings. The molecule has 2 N–H and O–H groups in total. The van der Waals surface area contributed by atoms with E-state index in [-0.39, 0.29) is 5.69 Å². The van der Waals surface area contributed by atoms with Gasteiger partial charge in [0.25, 0.3) is 5.69 Å². The Labute approximate surface area is 89.3 Å². The third kappa shape index (κ3) is 4.34. The summed E-state index contributed by atoms with van der Waals surface area (Å²) in [7, 11) is -0.821. The van der Waals surface area contributed by atoms with Gasteiger partial charge in [0.05, 0.1) is 19.8 Å². The van der Waals surface area contributed by atoms with E-state index < -0.39 is 13.2 Å². The minimum Gasteiger partial charge on any atom is -0.344 e. The van der Waals surface area contributed by atoms with Crippen LogP contribution < -0.4 is 5.50 Å². The predicted molar refractivity (Wildman–Crippen MR) is 59.8 cm³/mol. The van der Waals surface area contributed by atoms with Crippen LogP contribution in [0.5, 0.6) is 0 Å². The summed E-state index contributed by atoms with van der Waals surface area (Å²) in [6, 6.07) is 6.45. The zero-order chi connectivity index (χ0) is 11.3. The van der Waals surface area contributed by atoms with Gasteiger partial charge in [-0.15, -0.1) is 0 Å². The second kappa shape index (κ2) is 5.75. The number of benzene rings is 1. The van der Waals surface area contributed by atoms with E-state index in [0.717, 1.165) is 12.0 Å². The molecule has 0 aromatic heterocycles. The molecule has 82 valence electrons. The molecule has 1 atom stereocenters. The molecule has 15 heavy (non-hydrogen) atoms. The first-order valence-electron chi connectivity index (χ1n) is 4.44. The van der Waals surface area contributed by atoms with E-state index in [4.69, 9.17) is 10.0 Å². The van der Waals surface area contributed by atoms with Crippen LogP contribution in [0.2, 0.25) is 0 Å². The maximum absolute atomic E-state index is 10.4. The van der Waals surface area contributed by atoms with E-state index in [9.17, 15) is 10.1 Å². The molecule has 1 rings (SSSR count). The largest absolute Gasteiger partial charge is 0.344 e. The van der Waals surface area contributed by atoms with Crippen molar-refractivity contribution in [2.75, 3.05) is 13.3 Å². The van der Waals surface area contributed by atoms with Crippen LogP contribution in [0.1, 0.15) is 5.56 Å². The van der Waals surface area contributed by atoms with Gasteiger partial charge >= 0.3 is 0 Å². The number of nitro benzene ring substituents is 1. The monoisotopic (exact) mass is 228 g/mol. The molecule has 0 fully saturated rings. The van der Waals surface area contributed by atoms with E-state index in [1.807, 2.05) is 6.66 Å². The molecule has 0 spiro atoms. The zero-order valence-electron chi connectivity index (χ0n) is 8.42. The van der Waals surface area contributed by atoms with Crippen molar-refractivity contribution in [3.63, 3.8) is 0 Å². The van der Waals surface area contributed by atoms with E-state index in [2.05, 4.69) is 0 Å². The van der Waals surface area contributed by atoms with Crippen LogP contribution in [0.15, 0.2) is 24.3 Å². The van der Waals surface area contributed by atoms with Gasteiger partial charge in [-0.2, -0.15) is 0 Å². The number of nitro groups is 1. The van der Waals surface area contributed by atoms with Gasteiger partial charge in [-0.25, -0.2) is 0 Å². The molecule has 5 nitrogen and oxygen atoms in total. The standard InChI is InChI=1S/C9H13N2O3P/c1-15(10)14-7-6-8-2-4-9(5-3-8)11(12)13/h2-5H,6-7,10H2,1H3. The molecular formula is C9H13N2O3P. The lowest BCUT2D eigenvalue weighted by Crippen LogP contribution is -1.98. The lowest BCUT2D eigenvalue weighted by molar-refractivity contribution is -0.384. The lowest BCUT2D eigenvalue weighted by Gasteiger charge is -2.06. The Bertz CT molecular complexity index is 327. The molecule has 0 aliphatic heterocycles. The number of rotatable bonds is 5. The first-order chi connectivity index (χ1) is 7.09. The fourth-order valence-corrected chi connectivity index (χ4v) is 1.47. The van der Waals surface area contributed by atoms with E-state index in [1.54, 1.807) is 12.1 Å². The van der Waals surface area contributed by atoms with Gasteiger partial charge in [-0.3, -0.25) is 15.6 Å². The van der Waals surface area contributed by atoms with Gasteiger partial charge in [-0.1, -0.05) is 12.1 Å². The highest BCUT2D eigenvalue weighted by atomic mass is 31.2. The van der Waals surface area contributed by atoms with Gasteiger partial charge in [0, 0.05) is 12.1 Å². The van der Waals surface area contributed by atoms with Crippen LogP contribution in [-0.4, -0.2) is 18.2 Å². The second-order valence-electron chi connectivity index (χ2n) is 3.05. The molecular weight excluding hydrogens is 215 g/mol. The van der Waals surface area contributed by atoms with Crippen molar-refractivity contribution >= 4 is 14.0 Å². The summed E-state index contributed by atoms with van der Waals surface area (Å²) < 4.78 is 5.23. The SMILES string of the molecule is CP(N)OCCc1ccc([N+](=O)[O-])cc1. The molecule has 0 saturated heterocycles. The number of nitrogens with zero attached hydrogens (tertiary/aromatic N) is 1. The third-order valence-electron chi connectivity index (χ3n) is 1.83. The molecule has 0 aliphatic carbocycles. The number of hydrogen-bond donors (Lipinski definition) is 1. The minimum atomic E-state index is -0.821. The summed E-state index contributed by atoms with van der Waals surface area (Å²) in [4.78, 5) is 9.97. The Kier molecular flexibility index (Phi) is 4.62. The third-order valence-corrected chi connectivity index (χ3v) is 2.42. The maximum atomic E-state index is 10.4. The maximum Gasteiger partial charge on any atom is 0.269 e. The van der Waals surface area contributed by atoms with Crippen molar-refractivity contribution in [1.82, 2.24) is 0 Å². The van der Waals surface area contributed by atoms with Gasteiger partial charge < -0.3 is 4.52 Å². The van der Waals surface area contributed by atoms with Crippen LogP contribution in [0, 0.1) is 10.1 Å². The molecule has 0 bridgehead atoms. The summed E-state index contributed by atoms with van der Waals surface area (Å²) in [5, 5.41) is 10.4. The van der Waals surface area contributed by atoms with Crippen molar-refractivity contribution < 1.29 is 9.45 Å². The van der Waals surface area contributed by atoms with Crippen LogP contribution in [0.4, 0.5) is 5.69 Å². The first-order valence-corrected chi connectivity index (χ1v) is 6.22. The Hall–Kier alpha value is -1.03. The number of hydrogen-bond acceptors (Lipinski definition) is 4. The lowest BCUT2D eigenvalue weighted by atomic mass is 10.1. The molecule has 0 radical (unpaired) electrons. The van der Waals surface area contributed by atoms with E-state index in [0.29, 0.717) is 6.61 Å². The van der Waals surface area contributed by atoms with E-state index in [1.165, 1.54) is 12.1 Å². The Balaban J connectivity index is 2.46. The van der Waals surface area contributed by atoms with Gasteiger partial charge in [0.1, 0.15) is 0 Å². The minimum absolute atomic E-state index is 0.108. The predicted octanol–water partition coefficient (Wildman–Crippen LogP) is 2.05. The number of non-ortho nitro benzene ring substituents is 1. The molecule has 0 amide bonds. The normalized spacial score (nSPS) is 12.4. The molecule has 1 aromatic carbocycles. The molecule has 0 saturated carbocycles. The summed E-state index contributed by atoms with van der Waals surface area (Å²) >= 11 is 0. The van der Waals surface area contributed by atoms with Crippen molar-refractivity contribution in [3.8, 4) is 0 Å². The molecule has 1 unspecified atom stereocenters. The first kappa shape index (κ1) is 12.0. The summed E-state index contributed by atoms with van der Waals surface area (Å²) in [5.41, 5.74) is 6.59. The number of nitrogens with two attached hydrogens (primary N) is 1. The fourth-order valence-electron chi connectivity index (χ4n) is 1.09. The van der Waals surface area contributed by atoms with Crippen LogP contribution in [0.25, 0.3) is 0 Å². The highest BCUT2D eigenvalue weighted by molar-refractivity contribution is 7.48. The summed E-state index contributed by atoms with van der Waals surface area (Å²) in [6.45, 7) is 2.38. The Morgan fingerprint density at radius 3 is 2.53 bits per heavy atom. The quantitative estimate of drug-likeness (QED) is 0.475. The van der Waals surface area contributed by atoms with Crippen LogP contribution in [0.3, 0.4) is 0 Å². The van der Waals surface area contributed by atoms with Crippen molar-refractivity contribution in [2.24, 2.45) is 5.50 Å². The van der Waals surface area contributed by atoms with Gasteiger partial charge in [0.15, 0.2) is 0 Å². The average molecular weight is 228 g/mol.